The van der Waals surface area contributed by atoms with Crippen LogP contribution in [0, 0.1) is 6.92 Å². The van der Waals surface area contributed by atoms with Crippen LogP contribution in [0.25, 0.3) is 16.9 Å². The molecule has 0 fully saturated rings. The minimum atomic E-state index is -4.55. The fraction of sp³-hybridized carbons (Fsp3) is 0.130. The number of alkyl halides is 3. The van der Waals surface area contributed by atoms with Crippen molar-refractivity contribution in [3.63, 3.8) is 0 Å². The molecular weight excluding hydrogens is 435 g/mol. The summed E-state index contributed by atoms with van der Waals surface area (Å²) in [6.07, 6.45) is 0.101. The molecule has 10 heteroatoms. The molecule has 2 aromatic heterocycles. The van der Waals surface area contributed by atoms with Crippen LogP contribution in [-0.2, 0) is 12.8 Å². The van der Waals surface area contributed by atoms with Gasteiger partial charge in [-0.2, -0.15) is 13.2 Å². The summed E-state index contributed by atoms with van der Waals surface area (Å²) < 4.78 is 41.8. The maximum Gasteiger partial charge on any atom is 0.417 e. The normalized spacial score (nSPS) is 11.4. The Morgan fingerprint density at radius 3 is 2.61 bits per heavy atom. The van der Waals surface area contributed by atoms with Gasteiger partial charge in [-0.15, -0.1) is 0 Å². The van der Waals surface area contributed by atoms with E-state index in [4.69, 9.17) is 0 Å². The first-order valence-electron chi connectivity index (χ1n) is 9.82. The molecule has 0 aliphatic rings. The molecule has 0 atom stereocenters. The second-order valence-corrected chi connectivity index (χ2v) is 7.19. The van der Waals surface area contributed by atoms with Crippen molar-refractivity contribution in [1.29, 1.82) is 0 Å². The Morgan fingerprint density at radius 1 is 1.12 bits per heavy atom. The lowest BCUT2D eigenvalue weighted by Crippen LogP contribution is -2.15. The number of hydrogen-bond acceptors (Lipinski definition) is 5. The highest BCUT2D eigenvalue weighted by molar-refractivity contribution is 6.03. The zero-order valence-corrected chi connectivity index (χ0v) is 17.3. The average Bonchev–Trinajstić information content (AvgIpc) is 3.24. The summed E-state index contributed by atoms with van der Waals surface area (Å²) in [5.74, 6) is -0.714. The van der Waals surface area contributed by atoms with Crippen molar-refractivity contribution in [2.24, 2.45) is 0 Å². The Kier molecular flexibility index (Phi) is 5.93. The third kappa shape index (κ3) is 4.75. The van der Waals surface area contributed by atoms with Crippen LogP contribution in [0.3, 0.4) is 0 Å². The molecule has 0 aliphatic heterocycles. The summed E-state index contributed by atoms with van der Waals surface area (Å²) in [4.78, 5) is 24.9. The van der Waals surface area contributed by atoms with Gasteiger partial charge in [0, 0.05) is 29.1 Å². The number of aryl methyl sites for hydroxylation is 1. The number of carbonyl (C=O) groups is 1. The number of rotatable bonds is 5. The molecule has 4 aromatic rings. The number of hydrogen-bond donors (Lipinski definition) is 2. The third-order valence-electron chi connectivity index (χ3n) is 4.89. The molecule has 0 radical (unpaired) electrons. The molecule has 0 bridgehead atoms. The Hall–Kier alpha value is -4.05. The van der Waals surface area contributed by atoms with Gasteiger partial charge in [0.05, 0.1) is 35.6 Å². The number of aromatic nitrogens is 4. The topological polar surface area (TPSA) is 92.9 Å². The molecule has 1 amide bonds. The van der Waals surface area contributed by atoms with Crippen LogP contribution in [0.1, 0.15) is 27.2 Å². The minimum Gasteiger partial charge on any atom is -0.392 e. The van der Waals surface area contributed by atoms with Crippen LogP contribution in [-0.4, -0.2) is 30.5 Å². The van der Waals surface area contributed by atoms with E-state index in [-0.39, 0.29) is 29.4 Å². The highest BCUT2D eigenvalue weighted by Gasteiger charge is 2.33. The Bertz CT molecular complexity index is 1320. The first kappa shape index (κ1) is 22.2. The molecule has 0 spiro atoms. The van der Waals surface area contributed by atoms with Gasteiger partial charge in [0.2, 0.25) is 5.95 Å². The number of nitrogens with zero attached hydrogens (tertiary/aromatic N) is 4. The standard InChI is InChI=1S/C23H18F3N5O2/c1-14-11-31(13-28-14)20-7-6-15(10-16(20)12-32)21(33)30-22-27-9-8-19(29-22)17-4-2-3-5-18(17)23(24,25)26/h2-11,13,32H,12H2,1H3,(H,27,29,30,33). The van der Waals surface area contributed by atoms with Crippen molar-refractivity contribution in [2.75, 3.05) is 5.32 Å². The lowest BCUT2D eigenvalue weighted by Gasteiger charge is -2.13. The minimum absolute atomic E-state index is 0.0232. The van der Waals surface area contributed by atoms with Gasteiger partial charge < -0.3 is 9.67 Å². The second-order valence-electron chi connectivity index (χ2n) is 7.19. The molecule has 2 aromatic carbocycles. The zero-order valence-electron chi connectivity index (χ0n) is 17.3. The molecule has 0 saturated heterocycles. The van der Waals surface area contributed by atoms with Gasteiger partial charge in [-0.05, 0) is 37.3 Å². The number of imidazole rings is 1. The van der Waals surface area contributed by atoms with Crippen LogP contribution in [0.2, 0.25) is 0 Å². The van der Waals surface area contributed by atoms with Crippen molar-refractivity contribution in [1.82, 2.24) is 19.5 Å². The van der Waals surface area contributed by atoms with Crippen molar-refractivity contribution in [3.05, 3.63) is 89.6 Å². The van der Waals surface area contributed by atoms with Crippen LogP contribution < -0.4 is 5.32 Å². The predicted octanol–water partition coefficient (Wildman–Crippen LogP) is 4.40. The number of nitrogens with one attached hydrogen (secondary N) is 1. The van der Waals surface area contributed by atoms with Crippen LogP contribution >= 0.6 is 0 Å². The summed E-state index contributed by atoms with van der Waals surface area (Å²) in [5.41, 5.74) is 1.25. The van der Waals surface area contributed by atoms with Gasteiger partial charge in [-0.1, -0.05) is 18.2 Å². The molecule has 2 N–H and O–H groups in total. The summed E-state index contributed by atoms with van der Waals surface area (Å²) in [6, 6.07) is 11.1. The summed E-state index contributed by atoms with van der Waals surface area (Å²) >= 11 is 0. The summed E-state index contributed by atoms with van der Waals surface area (Å²) in [7, 11) is 0. The first-order chi connectivity index (χ1) is 15.8. The van der Waals surface area contributed by atoms with E-state index < -0.39 is 17.6 Å². The van der Waals surface area contributed by atoms with Crippen molar-refractivity contribution >= 4 is 11.9 Å². The molecule has 0 saturated carbocycles. The van der Waals surface area contributed by atoms with Crippen LogP contribution in [0.5, 0.6) is 0 Å². The van der Waals surface area contributed by atoms with Crippen LogP contribution in [0.15, 0.2) is 67.3 Å². The number of anilines is 1. The van der Waals surface area contributed by atoms with Crippen LogP contribution in [0.4, 0.5) is 19.1 Å². The Balaban J connectivity index is 1.60. The van der Waals surface area contributed by atoms with E-state index >= 15 is 0 Å². The number of aliphatic hydroxyl groups excluding tert-OH is 1. The second kappa shape index (κ2) is 8.83. The third-order valence-corrected chi connectivity index (χ3v) is 4.89. The van der Waals surface area contributed by atoms with E-state index in [1.54, 1.807) is 29.2 Å². The molecular formula is C23H18F3N5O2. The van der Waals surface area contributed by atoms with Crippen molar-refractivity contribution in [3.8, 4) is 16.9 Å². The molecule has 0 aliphatic carbocycles. The lowest BCUT2D eigenvalue weighted by atomic mass is 10.0. The van der Waals surface area contributed by atoms with E-state index in [2.05, 4.69) is 20.3 Å². The number of halogens is 3. The lowest BCUT2D eigenvalue weighted by molar-refractivity contribution is -0.137. The summed E-state index contributed by atoms with van der Waals surface area (Å²) in [6.45, 7) is 1.52. The number of carbonyl (C=O) groups excluding carboxylic acids is 1. The fourth-order valence-electron chi connectivity index (χ4n) is 3.35. The van der Waals surface area contributed by atoms with Gasteiger partial charge in [-0.3, -0.25) is 10.1 Å². The maximum atomic E-state index is 13.4. The van der Waals surface area contributed by atoms with Gasteiger partial charge in [0.1, 0.15) is 0 Å². The first-order valence-corrected chi connectivity index (χ1v) is 9.82. The average molecular weight is 453 g/mol. The van der Waals surface area contributed by atoms with Gasteiger partial charge >= 0.3 is 6.18 Å². The predicted molar refractivity (Wildman–Crippen MR) is 115 cm³/mol. The van der Waals surface area contributed by atoms with E-state index in [0.717, 1.165) is 11.8 Å². The summed E-state index contributed by atoms with van der Waals surface area (Å²) in [5, 5.41) is 12.3. The number of aliphatic hydroxyl groups is 1. The molecule has 0 unspecified atom stereocenters. The molecule has 33 heavy (non-hydrogen) atoms. The molecule has 168 valence electrons. The van der Waals surface area contributed by atoms with E-state index in [0.29, 0.717) is 11.3 Å². The highest BCUT2D eigenvalue weighted by Crippen LogP contribution is 2.36. The van der Waals surface area contributed by atoms with Gasteiger partial charge in [0.25, 0.3) is 5.91 Å². The maximum absolute atomic E-state index is 13.4. The quantitative estimate of drug-likeness (QED) is 0.467. The van der Waals surface area contributed by atoms with Crippen molar-refractivity contribution < 1.29 is 23.1 Å². The monoisotopic (exact) mass is 453 g/mol. The zero-order chi connectivity index (χ0) is 23.6. The smallest absolute Gasteiger partial charge is 0.392 e. The Labute approximate surface area is 186 Å². The van der Waals surface area contributed by atoms with Gasteiger partial charge in [-0.25, -0.2) is 15.0 Å². The molecule has 7 nitrogen and oxygen atoms in total. The SMILES string of the molecule is Cc1cn(-c2ccc(C(=O)Nc3nccc(-c4ccccc4C(F)(F)F)n3)cc2CO)cn1. The molecule has 2 heterocycles. The Morgan fingerprint density at radius 2 is 1.91 bits per heavy atom. The largest absolute Gasteiger partial charge is 0.417 e. The van der Waals surface area contributed by atoms with E-state index in [1.807, 2.05) is 6.92 Å². The number of benzene rings is 2. The van der Waals surface area contributed by atoms with Gasteiger partial charge in [0.15, 0.2) is 0 Å². The van der Waals surface area contributed by atoms with E-state index in [1.165, 1.54) is 36.5 Å². The highest BCUT2D eigenvalue weighted by atomic mass is 19.4. The van der Waals surface area contributed by atoms with E-state index in [9.17, 15) is 23.1 Å². The van der Waals surface area contributed by atoms with Crippen molar-refractivity contribution in [2.45, 2.75) is 19.7 Å². The number of amides is 1. The fourth-order valence-corrected chi connectivity index (χ4v) is 3.35. The molecule has 4 rings (SSSR count).